The van der Waals surface area contributed by atoms with Gasteiger partial charge in [0.1, 0.15) is 17.4 Å². The van der Waals surface area contributed by atoms with Gasteiger partial charge in [0.25, 0.3) is 0 Å². The van der Waals surface area contributed by atoms with Gasteiger partial charge >= 0.3 is 5.97 Å². The molecular formula is C8H9ClN2O2. The summed E-state index contributed by atoms with van der Waals surface area (Å²) in [5, 5.41) is 0.328. The van der Waals surface area contributed by atoms with Gasteiger partial charge < -0.3 is 4.74 Å². The van der Waals surface area contributed by atoms with E-state index in [4.69, 9.17) is 16.3 Å². The molecule has 0 N–H and O–H groups in total. The predicted molar refractivity (Wildman–Crippen MR) is 47.4 cm³/mol. The third-order valence-corrected chi connectivity index (χ3v) is 1.49. The van der Waals surface area contributed by atoms with Crippen molar-refractivity contribution in [2.75, 3.05) is 6.61 Å². The van der Waals surface area contributed by atoms with E-state index in [2.05, 4.69) is 9.97 Å². The van der Waals surface area contributed by atoms with Gasteiger partial charge in [0, 0.05) is 6.20 Å². The van der Waals surface area contributed by atoms with Crippen molar-refractivity contribution in [1.82, 2.24) is 9.97 Å². The van der Waals surface area contributed by atoms with Crippen LogP contribution in [0.1, 0.15) is 12.7 Å². The number of rotatable bonds is 3. The third-order valence-electron chi connectivity index (χ3n) is 1.28. The highest BCUT2D eigenvalue weighted by molar-refractivity contribution is 6.29. The molecule has 1 aromatic rings. The smallest absolute Gasteiger partial charge is 0.313 e. The molecule has 0 atom stereocenters. The van der Waals surface area contributed by atoms with E-state index in [-0.39, 0.29) is 12.4 Å². The molecule has 0 amide bonds. The lowest BCUT2D eigenvalue weighted by Crippen LogP contribution is -2.09. The van der Waals surface area contributed by atoms with Gasteiger partial charge in [-0.05, 0) is 13.0 Å². The summed E-state index contributed by atoms with van der Waals surface area (Å²) >= 11 is 5.60. The number of halogens is 1. The average molecular weight is 201 g/mol. The first-order valence-corrected chi connectivity index (χ1v) is 4.23. The molecular weight excluding hydrogens is 192 g/mol. The maximum absolute atomic E-state index is 11.0. The van der Waals surface area contributed by atoms with E-state index in [1.165, 1.54) is 6.20 Å². The van der Waals surface area contributed by atoms with Crippen LogP contribution in [0.2, 0.25) is 5.15 Å². The number of carbonyl (C=O) groups excluding carboxylic acids is 1. The number of hydrogen-bond acceptors (Lipinski definition) is 4. The molecule has 0 spiro atoms. The van der Waals surface area contributed by atoms with Crippen LogP contribution in [-0.2, 0) is 16.0 Å². The SMILES string of the molecule is CCOC(=O)Cc1nccc(Cl)n1. The lowest BCUT2D eigenvalue weighted by molar-refractivity contribution is -0.142. The van der Waals surface area contributed by atoms with Gasteiger partial charge in [0.2, 0.25) is 0 Å². The minimum atomic E-state index is -0.343. The topological polar surface area (TPSA) is 52.1 Å². The van der Waals surface area contributed by atoms with Crippen molar-refractivity contribution in [2.45, 2.75) is 13.3 Å². The molecule has 5 heteroatoms. The lowest BCUT2D eigenvalue weighted by Gasteiger charge is -2.00. The van der Waals surface area contributed by atoms with E-state index < -0.39 is 0 Å². The van der Waals surface area contributed by atoms with Gasteiger partial charge in [-0.3, -0.25) is 4.79 Å². The Hall–Kier alpha value is -1.16. The van der Waals surface area contributed by atoms with Crippen molar-refractivity contribution in [2.24, 2.45) is 0 Å². The number of carbonyl (C=O) groups is 1. The molecule has 0 saturated heterocycles. The molecule has 0 aromatic carbocycles. The van der Waals surface area contributed by atoms with Crippen LogP contribution in [0.15, 0.2) is 12.3 Å². The van der Waals surface area contributed by atoms with E-state index >= 15 is 0 Å². The van der Waals surface area contributed by atoms with E-state index in [9.17, 15) is 4.79 Å². The molecule has 0 fully saturated rings. The number of ether oxygens (including phenoxy) is 1. The van der Waals surface area contributed by atoms with Gasteiger partial charge in [-0.15, -0.1) is 0 Å². The number of esters is 1. The van der Waals surface area contributed by atoms with Crippen LogP contribution in [0.4, 0.5) is 0 Å². The van der Waals surface area contributed by atoms with Crippen molar-refractivity contribution in [1.29, 1.82) is 0 Å². The fourth-order valence-corrected chi connectivity index (χ4v) is 0.954. The van der Waals surface area contributed by atoms with Crippen LogP contribution in [0, 0.1) is 0 Å². The fourth-order valence-electron chi connectivity index (χ4n) is 0.801. The first-order valence-electron chi connectivity index (χ1n) is 3.85. The number of aromatic nitrogens is 2. The van der Waals surface area contributed by atoms with E-state index in [1.807, 2.05) is 0 Å². The van der Waals surface area contributed by atoms with E-state index in [0.717, 1.165) is 0 Å². The van der Waals surface area contributed by atoms with Crippen LogP contribution >= 0.6 is 11.6 Å². The zero-order valence-electron chi connectivity index (χ0n) is 7.16. The van der Waals surface area contributed by atoms with Crippen molar-refractivity contribution < 1.29 is 9.53 Å². The minimum Gasteiger partial charge on any atom is -0.466 e. The van der Waals surface area contributed by atoms with Gasteiger partial charge in [-0.2, -0.15) is 0 Å². The molecule has 1 aromatic heterocycles. The Bertz CT molecular complexity index is 304. The van der Waals surface area contributed by atoms with E-state index in [0.29, 0.717) is 17.6 Å². The fraction of sp³-hybridized carbons (Fsp3) is 0.375. The second kappa shape index (κ2) is 4.77. The Morgan fingerprint density at radius 2 is 2.46 bits per heavy atom. The zero-order valence-corrected chi connectivity index (χ0v) is 7.91. The van der Waals surface area contributed by atoms with Crippen LogP contribution in [0.5, 0.6) is 0 Å². The Morgan fingerprint density at radius 3 is 3.08 bits per heavy atom. The number of nitrogens with zero attached hydrogens (tertiary/aromatic N) is 2. The minimum absolute atomic E-state index is 0.0639. The summed E-state index contributed by atoms with van der Waals surface area (Å²) in [6, 6.07) is 1.55. The molecule has 0 aliphatic heterocycles. The molecule has 70 valence electrons. The van der Waals surface area contributed by atoms with Gasteiger partial charge in [0.15, 0.2) is 0 Å². The van der Waals surface area contributed by atoms with Gasteiger partial charge in [-0.25, -0.2) is 9.97 Å². The van der Waals surface area contributed by atoms with Gasteiger partial charge in [-0.1, -0.05) is 11.6 Å². The summed E-state index contributed by atoms with van der Waals surface area (Å²) in [5.41, 5.74) is 0. The number of hydrogen-bond donors (Lipinski definition) is 0. The summed E-state index contributed by atoms with van der Waals surface area (Å²) in [5.74, 6) is 0.0377. The molecule has 1 rings (SSSR count). The standard InChI is InChI=1S/C8H9ClN2O2/c1-2-13-8(12)5-7-10-4-3-6(9)11-7/h3-4H,2,5H2,1H3. The largest absolute Gasteiger partial charge is 0.466 e. The molecule has 4 nitrogen and oxygen atoms in total. The van der Waals surface area contributed by atoms with Crippen LogP contribution in [-0.4, -0.2) is 22.5 Å². The summed E-state index contributed by atoms with van der Waals surface area (Å²) in [7, 11) is 0. The van der Waals surface area contributed by atoms with Crippen LogP contribution in [0.25, 0.3) is 0 Å². The Balaban J connectivity index is 2.58. The summed E-state index contributed by atoms with van der Waals surface area (Å²) in [4.78, 5) is 18.7. The highest BCUT2D eigenvalue weighted by Gasteiger charge is 2.06. The first kappa shape index (κ1) is 9.92. The Kier molecular flexibility index (Phi) is 3.64. The maximum atomic E-state index is 11.0. The van der Waals surface area contributed by atoms with Crippen LogP contribution < -0.4 is 0 Å². The maximum Gasteiger partial charge on any atom is 0.313 e. The zero-order chi connectivity index (χ0) is 9.68. The third kappa shape index (κ3) is 3.38. The Morgan fingerprint density at radius 1 is 1.69 bits per heavy atom. The van der Waals surface area contributed by atoms with Gasteiger partial charge in [0.05, 0.1) is 6.61 Å². The molecule has 13 heavy (non-hydrogen) atoms. The molecule has 0 aliphatic carbocycles. The highest BCUT2D eigenvalue weighted by atomic mass is 35.5. The van der Waals surface area contributed by atoms with E-state index in [1.54, 1.807) is 13.0 Å². The first-order chi connectivity index (χ1) is 6.22. The second-order valence-electron chi connectivity index (χ2n) is 2.28. The predicted octanol–water partition coefficient (Wildman–Crippen LogP) is 1.24. The average Bonchev–Trinajstić information content (AvgIpc) is 2.04. The van der Waals surface area contributed by atoms with Crippen molar-refractivity contribution in [3.63, 3.8) is 0 Å². The quantitative estimate of drug-likeness (QED) is 0.544. The van der Waals surface area contributed by atoms with Crippen molar-refractivity contribution in [3.8, 4) is 0 Å². The molecule has 0 bridgehead atoms. The molecule has 0 unspecified atom stereocenters. The van der Waals surface area contributed by atoms with Crippen molar-refractivity contribution in [3.05, 3.63) is 23.2 Å². The lowest BCUT2D eigenvalue weighted by atomic mass is 10.4. The summed E-state index contributed by atoms with van der Waals surface area (Å²) in [6.07, 6.45) is 1.57. The highest BCUT2D eigenvalue weighted by Crippen LogP contribution is 2.02. The summed E-state index contributed by atoms with van der Waals surface area (Å²) in [6.45, 7) is 2.11. The van der Waals surface area contributed by atoms with Crippen LogP contribution in [0.3, 0.4) is 0 Å². The molecule has 1 heterocycles. The monoisotopic (exact) mass is 200 g/mol. The molecule has 0 aliphatic rings. The summed E-state index contributed by atoms with van der Waals surface area (Å²) < 4.78 is 4.72. The van der Waals surface area contributed by atoms with Crippen molar-refractivity contribution >= 4 is 17.6 Å². The molecule has 0 saturated carbocycles. The second-order valence-corrected chi connectivity index (χ2v) is 2.66. The normalized spacial score (nSPS) is 9.69. The molecule has 0 radical (unpaired) electrons. The Labute approximate surface area is 80.9 Å².